The van der Waals surface area contributed by atoms with Crippen LogP contribution in [0.15, 0.2) is 11.0 Å². The maximum atomic E-state index is 14.7. The van der Waals surface area contributed by atoms with Crippen LogP contribution in [0.4, 0.5) is 14.6 Å². The van der Waals surface area contributed by atoms with Gasteiger partial charge in [0.15, 0.2) is 17.9 Å². The van der Waals surface area contributed by atoms with Crippen LogP contribution in [-0.4, -0.2) is 43.7 Å². The van der Waals surface area contributed by atoms with E-state index < -0.39 is 47.5 Å². The first-order chi connectivity index (χ1) is 9.72. The Morgan fingerprint density at radius 2 is 2.33 bits per heavy atom. The molecule has 0 saturated carbocycles. The quantitative estimate of drug-likeness (QED) is 0.601. The van der Waals surface area contributed by atoms with Gasteiger partial charge in [0, 0.05) is 0 Å². The van der Waals surface area contributed by atoms with Crippen molar-refractivity contribution in [1.82, 2.24) is 9.55 Å². The van der Waals surface area contributed by atoms with Gasteiger partial charge in [-0.15, -0.1) is 6.42 Å². The van der Waals surface area contributed by atoms with E-state index in [0.29, 0.717) is 10.8 Å². The van der Waals surface area contributed by atoms with E-state index in [-0.39, 0.29) is 0 Å². The molecule has 5 atom stereocenters. The molecule has 2 heterocycles. The van der Waals surface area contributed by atoms with E-state index in [1.54, 1.807) is 5.92 Å². The average molecular weight is 301 g/mol. The maximum Gasteiger partial charge on any atom is 0.351 e. The van der Waals surface area contributed by atoms with Gasteiger partial charge in [-0.2, -0.15) is 4.98 Å². The number of terminal acetylenes is 1. The molecule has 7 nitrogen and oxygen atoms in total. The van der Waals surface area contributed by atoms with E-state index in [9.17, 15) is 23.8 Å². The summed E-state index contributed by atoms with van der Waals surface area (Å²) in [6.45, 7) is 1.25. The lowest BCUT2D eigenvalue weighted by molar-refractivity contribution is -0.0805. The number of anilines is 1. The Labute approximate surface area is 118 Å². The minimum atomic E-state index is -2.84. The van der Waals surface area contributed by atoms with Gasteiger partial charge in [0.1, 0.15) is 12.2 Å². The molecule has 1 aliphatic rings. The number of nitrogens with two attached hydrogens (primary N) is 1. The Bertz CT molecular complexity index is 657. The van der Waals surface area contributed by atoms with Gasteiger partial charge in [-0.05, 0) is 6.92 Å². The van der Waals surface area contributed by atoms with Gasteiger partial charge in [0.2, 0.25) is 5.67 Å². The molecule has 1 saturated heterocycles. The first kappa shape index (κ1) is 15.4. The van der Waals surface area contributed by atoms with E-state index in [1.165, 1.54) is 6.92 Å². The van der Waals surface area contributed by atoms with Crippen molar-refractivity contribution in [2.75, 3.05) is 5.73 Å². The predicted molar refractivity (Wildman–Crippen MR) is 67.1 cm³/mol. The summed E-state index contributed by atoms with van der Waals surface area (Å²) in [5.74, 6) is -0.0457. The Morgan fingerprint density at radius 1 is 1.71 bits per heavy atom. The molecule has 0 spiro atoms. The molecule has 9 heteroatoms. The molecule has 2 rings (SSSR count). The minimum absolute atomic E-state index is 0.456. The van der Waals surface area contributed by atoms with Crippen LogP contribution in [0.1, 0.15) is 13.2 Å². The molecule has 1 aromatic rings. The van der Waals surface area contributed by atoms with Crippen molar-refractivity contribution in [3.63, 3.8) is 0 Å². The number of aromatic nitrogens is 2. The van der Waals surface area contributed by atoms with Gasteiger partial charge < -0.3 is 20.7 Å². The molecule has 1 unspecified atom stereocenters. The van der Waals surface area contributed by atoms with Crippen molar-refractivity contribution in [3.8, 4) is 12.3 Å². The van der Waals surface area contributed by atoms with Gasteiger partial charge in [-0.3, -0.25) is 4.57 Å². The fourth-order valence-electron chi connectivity index (χ4n) is 2.14. The molecule has 1 aromatic heterocycles. The third-order valence-electron chi connectivity index (χ3n) is 3.27. The smallest absolute Gasteiger partial charge is 0.351 e. The summed E-state index contributed by atoms with van der Waals surface area (Å²) in [6, 6.07) is 0. The zero-order chi connectivity index (χ0) is 15.9. The van der Waals surface area contributed by atoms with Gasteiger partial charge in [-0.1, -0.05) is 5.92 Å². The van der Waals surface area contributed by atoms with Crippen LogP contribution in [0.3, 0.4) is 0 Å². The standard InChI is InChI=1S/C12H13F2N3O4/c1-3-12(14)8(19)7(5(2)18)21-10(12)17-4-6(13)9(15)16-11(17)20/h1,4-5,7-8,10,18-19H,2H3,(H2,15,16,20)/t5-,7+,8?,10+,12+/m0/s1. The number of hydrogen-bond donors (Lipinski definition) is 3. The number of aliphatic hydroxyl groups is 2. The molecular formula is C12H13F2N3O4. The van der Waals surface area contributed by atoms with Crippen molar-refractivity contribution in [1.29, 1.82) is 0 Å². The summed E-state index contributed by atoms with van der Waals surface area (Å²) in [4.78, 5) is 14.9. The second-order valence-electron chi connectivity index (χ2n) is 4.71. The first-order valence-electron chi connectivity index (χ1n) is 5.94. The zero-order valence-electron chi connectivity index (χ0n) is 10.9. The van der Waals surface area contributed by atoms with Crippen molar-refractivity contribution in [3.05, 3.63) is 22.5 Å². The van der Waals surface area contributed by atoms with Crippen LogP contribution in [0.2, 0.25) is 0 Å². The summed E-state index contributed by atoms with van der Waals surface area (Å²) < 4.78 is 33.7. The fourth-order valence-corrected chi connectivity index (χ4v) is 2.14. The number of aliphatic hydroxyl groups excluding tert-OH is 2. The SMILES string of the molecule is C#C[C@@]1(F)C(O)[C@@H]([C@H](C)O)O[C@H]1n1cc(F)c(N)nc1=O. The molecule has 1 fully saturated rings. The number of halogens is 2. The summed E-state index contributed by atoms with van der Waals surface area (Å²) in [5, 5.41) is 19.3. The topological polar surface area (TPSA) is 111 Å². The molecular weight excluding hydrogens is 288 g/mol. The zero-order valence-corrected chi connectivity index (χ0v) is 10.9. The molecule has 0 bridgehead atoms. The highest BCUT2D eigenvalue weighted by atomic mass is 19.1. The normalized spacial score (nSPS) is 33.6. The van der Waals surface area contributed by atoms with E-state index in [2.05, 4.69) is 4.98 Å². The highest BCUT2D eigenvalue weighted by molar-refractivity contribution is 5.27. The van der Waals surface area contributed by atoms with E-state index in [4.69, 9.17) is 16.9 Å². The summed E-state index contributed by atoms with van der Waals surface area (Å²) in [6.07, 6.45) is -0.749. The molecule has 21 heavy (non-hydrogen) atoms. The molecule has 0 aromatic carbocycles. The number of rotatable bonds is 2. The lowest BCUT2D eigenvalue weighted by Gasteiger charge is -2.23. The largest absolute Gasteiger partial charge is 0.391 e. The van der Waals surface area contributed by atoms with Gasteiger partial charge in [0.25, 0.3) is 0 Å². The monoisotopic (exact) mass is 301 g/mol. The summed E-state index contributed by atoms with van der Waals surface area (Å²) >= 11 is 0. The average Bonchev–Trinajstić information content (AvgIpc) is 2.68. The van der Waals surface area contributed by atoms with E-state index in [0.717, 1.165) is 0 Å². The van der Waals surface area contributed by atoms with Crippen molar-refractivity contribution in [2.45, 2.75) is 37.1 Å². The Hall–Kier alpha value is -2.02. The molecule has 4 N–H and O–H groups in total. The maximum absolute atomic E-state index is 14.7. The number of ether oxygens (including phenoxy) is 1. The Balaban J connectivity index is 2.56. The van der Waals surface area contributed by atoms with Crippen LogP contribution < -0.4 is 11.4 Å². The highest BCUT2D eigenvalue weighted by Gasteiger charge is 2.59. The third kappa shape index (κ3) is 2.27. The van der Waals surface area contributed by atoms with Crippen molar-refractivity contribution in [2.24, 2.45) is 0 Å². The molecule has 0 radical (unpaired) electrons. The fraction of sp³-hybridized carbons (Fsp3) is 0.500. The van der Waals surface area contributed by atoms with Crippen molar-refractivity contribution >= 4 is 5.82 Å². The van der Waals surface area contributed by atoms with Crippen LogP contribution in [0.25, 0.3) is 0 Å². The highest BCUT2D eigenvalue weighted by Crippen LogP contribution is 2.41. The summed E-state index contributed by atoms with van der Waals surface area (Å²) in [7, 11) is 0. The second-order valence-corrected chi connectivity index (χ2v) is 4.71. The van der Waals surface area contributed by atoms with Crippen LogP contribution in [-0.2, 0) is 4.74 Å². The molecule has 114 valence electrons. The first-order valence-corrected chi connectivity index (χ1v) is 5.94. The number of nitrogen functional groups attached to an aromatic ring is 1. The second kappa shape index (κ2) is 5.07. The Morgan fingerprint density at radius 3 is 2.86 bits per heavy atom. The number of nitrogens with zero attached hydrogens (tertiary/aromatic N) is 2. The van der Waals surface area contributed by atoms with E-state index in [1.807, 2.05) is 0 Å². The molecule has 0 amide bonds. The molecule has 0 aliphatic carbocycles. The molecule has 1 aliphatic heterocycles. The Kier molecular flexibility index (Phi) is 3.71. The van der Waals surface area contributed by atoms with E-state index >= 15 is 0 Å². The van der Waals surface area contributed by atoms with Gasteiger partial charge in [-0.25, -0.2) is 13.6 Å². The number of hydrogen-bond acceptors (Lipinski definition) is 6. The van der Waals surface area contributed by atoms with Crippen molar-refractivity contribution < 1.29 is 23.7 Å². The van der Waals surface area contributed by atoms with Crippen LogP contribution in [0, 0.1) is 18.2 Å². The van der Waals surface area contributed by atoms with Crippen LogP contribution in [0.5, 0.6) is 0 Å². The minimum Gasteiger partial charge on any atom is -0.391 e. The number of alkyl halides is 1. The van der Waals surface area contributed by atoms with Crippen LogP contribution >= 0.6 is 0 Å². The summed E-state index contributed by atoms with van der Waals surface area (Å²) in [5.41, 5.74) is 1.19. The van der Waals surface area contributed by atoms with Gasteiger partial charge >= 0.3 is 5.69 Å². The third-order valence-corrected chi connectivity index (χ3v) is 3.27. The lowest BCUT2D eigenvalue weighted by atomic mass is 9.95. The predicted octanol–water partition coefficient (Wildman–Crippen LogP) is -1.05. The lowest BCUT2D eigenvalue weighted by Crippen LogP contribution is -2.45. The van der Waals surface area contributed by atoms with Gasteiger partial charge in [0.05, 0.1) is 12.3 Å².